The van der Waals surface area contributed by atoms with Crippen LogP contribution in [0.2, 0.25) is 0 Å². The Kier molecular flexibility index (Phi) is 4.82. The summed E-state index contributed by atoms with van der Waals surface area (Å²) in [5.41, 5.74) is 0. The number of piperidine rings is 1. The van der Waals surface area contributed by atoms with Crippen molar-refractivity contribution in [3.8, 4) is 0 Å². The van der Waals surface area contributed by atoms with E-state index < -0.39 is 0 Å². The Morgan fingerprint density at radius 1 is 1.10 bits per heavy atom. The first-order valence-corrected chi connectivity index (χ1v) is 8.15. The van der Waals surface area contributed by atoms with E-state index in [1.165, 1.54) is 45.1 Å². The third kappa shape index (κ3) is 4.18. The SMILES string of the molecule is C1CC1CNC1CCN(Cc2noc(C3CC3)n2)CC1.Cl. The molecule has 118 valence electrons. The van der Waals surface area contributed by atoms with Gasteiger partial charge in [-0.2, -0.15) is 4.98 Å². The van der Waals surface area contributed by atoms with Gasteiger partial charge in [0.2, 0.25) is 5.89 Å². The van der Waals surface area contributed by atoms with Gasteiger partial charge in [-0.05, 0) is 51.0 Å². The molecule has 4 rings (SSSR count). The fourth-order valence-electron chi connectivity index (χ4n) is 2.98. The van der Waals surface area contributed by atoms with Gasteiger partial charge < -0.3 is 9.84 Å². The molecule has 0 bridgehead atoms. The minimum atomic E-state index is 0. The summed E-state index contributed by atoms with van der Waals surface area (Å²) in [4.78, 5) is 6.97. The monoisotopic (exact) mass is 312 g/mol. The maximum absolute atomic E-state index is 5.32. The highest BCUT2D eigenvalue weighted by Gasteiger charge is 2.30. The smallest absolute Gasteiger partial charge is 0.229 e. The van der Waals surface area contributed by atoms with Crippen LogP contribution in [0.3, 0.4) is 0 Å². The zero-order chi connectivity index (χ0) is 13.4. The Balaban J connectivity index is 0.00000132. The first-order valence-electron chi connectivity index (χ1n) is 8.15. The number of likely N-dealkylation sites (tertiary alicyclic amines) is 1. The molecule has 0 unspecified atom stereocenters. The lowest BCUT2D eigenvalue weighted by Gasteiger charge is -2.31. The molecule has 0 radical (unpaired) electrons. The number of hydrogen-bond acceptors (Lipinski definition) is 5. The summed E-state index contributed by atoms with van der Waals surface area (Å²) in [5.74, 6) is 3.28. The van der Waals surface area contributed by atoms with Gasteiger partial charge in [0.15, 0.2) is 5.82 Å². The van der Waals surface area contributed by atoms with Gasteiger partial charge in [0, 0.05) is 25.0 Å². The molecule has 5 nitrogen and oxygen atoms in total. The lowest BCUT2D eigenvalue weighted by Crippen LogP contribution is -2.42. The maximum Gasteiger partial charge on any atom is 0.229 e. The fourth-order valence-corrected chi connectivity index (χ4v) is 2.98. The summed E-state index contributed by atoms with van der Waals surface area (Å²) < 4.78 is 5.32. The van der Waals surface area contributed by atoms with Gasteiger partial charge in [-0.3, -0.25) is 4.90 Å². The van der Waals surface area contributed by atoms with Crippen LogP contribution < -0.4 is 5.32 Å². The molecule has 21 heavy (non-hydrogen) atoms. The average Bonchev–Trinajstić information content (AvgIpc) is 3.39. The third-order valence-corrected chi connectivity index (χ3v) is 4.76. The third-order valence-electron chi connectivity index (χ3n) is 4.76. The Morgan fingerprint density at radius 3 is 2.52 bits per heavy atom. The highest BCUT2D eigenvalue weighted by molar-refractivity contribution is 5.85. The Bertz CT molecular complexity index is 450. The summed E-state index contributed by atoms with van der Waals surface area (Å²) in [5, 5.41) is 7.83. The zero-order valence-corrected chi connectivity index (χ0v) is 13.3. The van der Waals surface area contributed by atoms with Crippen LogP contribution in [0.15, 0.2) is 4.52 Å². The topological polar surface area (TPSA) is 54.2 Å². The quantitative estimate of drug-likeness (QED) is 0.873. The number of halogens is 1. The fraction of sp³-hybridized carbons (Fsp3) is 0.867. The van der Waals surface area contributed by atoms with Crippen LogP contribution in [0, 0.1) is 5.92 Å². The number of rotatable bonds is 6. The van der Waals surface area contributed by atoms with Gasteiger partial charge in [0.25, 0.3) is 0 Å². The molecular weight excluding hydrogens is 288 g/mol. The van der Waals surface area contributed by atoms with E-state index in [9.17, 15) is 0 Å². The predicted octanol–water partition coefficient (Wildman–Crippen LogP) is 2.33. The number of nitrogens with one attached hydrogen (secondary N) is 1. The lowest BCUT2D eigenvalue weighted by molar-refractivity contribution is 0.184. The molecule has 2 heterocycles. The second-order valence-corrected chi connectivity index (χ2v) is 6.73. The van der Waals surface area contributed by atoms with Gasteiger partial charge >= 0.3 is 0 Å². The van der Waals surface area contributed by atoms with Gasteiger partial charge in [0.1, 0.15) is 0 Å². The molecule has 0 spiro atoms. The average molecular weight is 313 g/mol. The molecule has 1 aromatic heterocycles. The molecule has 1 saturated heterocycles. The van der Waals surface area contributed by atoms with Crippen molar-refractivity contribution in [2.24, 2.45) is 5.92 Å². The highest BCUT2D eigenvalue weighted by Crippen LogP contribution is 2.38. The number of nitrogens with zero attached hydrogens (tertiary/aromatic N) is 3. The number of hydrogen-bond donors (Lipinski definition) is 1. The minimum Gasteiger partial charge on any atom is -0.339 e. The van der Waals surface area contributed by atoms with Gasteiger partial charge in [-0.25, -0.2) is 0 Å². The molecule has 0 aromatic carbocycles. The van der Waals surface area contributed by atoms with Gasteiger partial charge in [-0.1, -0.05) is 5.16 Å². The van der Waals surface area contributed by atoms with Crippen molar-refractivity contribution in [2.75, 3.05) is 19.6 Å². The van der Waals surface area contributed by atoms with Crippen LogP contribution in [0.4, 0.5) is 0 Å². The van der Waals surface area contributed by atoms with Crippen LogP contribution in [-0.4, -0.2) is 40.7 Å². The summed E-state index contributed by atoms with van der Waals surface area (Å²) in [6.45, 7) is 4.39. The molecule has 6 heteroatoms. The summed E-state index contributed by atoms with van der Waals surface area (Å²) in [6.07, 6.45) is 7.82. The summed E-state index contributed by atoms with van der Waals surface area (Å²) in [6, 6.07) is 0.721. The first kappa shape index (κ1) is 15.3. The molecule has 1 aromatic rings. The van der Waals surface area contributed by atoms with E-state index in [1.54, 1.807) is 0 Å². The van der Waals surface area contributed by atoms with Gasteiger partial charge in [0.05, 0.1) is 6.54 Å². The van der Waals surface area contributed by atoms with E-state index in [1.807, 2.05) is 0 Å². The molecule has 3 aliphatic rings. The van der Waals surface area contributed by atoms with E-state index in [-0.39, 0.29) is 12.4 Å². The molecule has 2 aliphatic carbocycles. The van der Waals surface area contributed by atoms with Crippen molar-refractivity contribution < 1.29 is 4.52 Å². The normalized spacial score (nSPS) is 24.0. The summed E-state index contributed by atoms with van der Waals surface area (Å²) in [7, 11) is 0. The van der Waals surface area contributed by atoms with Crippen LogP contribution >= 0.6 is 12.4 Å². The molecule has 1 aliphatic heterocycles. The summed E-state index contributed by atoms with van der Waals surface area (Å²) >= 11 is 0. The minimum absolute atomic E-state index is 0. The van der Waals surface area contributed by atoms with Crippen molar-refractivity contribution in [3.63, 3.8) is 0 Å². The van der Waals surface area contributed by atoms with Gasteiger partial charge in [-0.15, -0.1) is 12.4 Å². The largest absolute Gasteiger partial charge is 0.339 e. The lowest BCUT2D eigenvalue weighted by atomic mass is 10.0. The molecule has 2 saturated carbocycles. The molecular formula is C15H25ClN4O. The van der Waals surface area contributed by atoms with Crippen molar-refractivity contribution in [1.82, 2.24) is 20.4 Å². The molecule has 0 amide bonds. The van der Waals surface area contributed by atoms with E-state index in [2.05, 4.69) is 20.4 Å². The zero-order valence-electron chi connectivity index (χ0n) is 12.5. The Labute approximate surface area is 132 Å². The van der Waals surface area contributed by atoms with Crippen molar-refractivity contribution >= 4 is 12.4 Å². The predicted molar refractivity (Wildman–Crippen MR) is 82.5 cm³/mol. The van der Waals surface area contributed by atoms with Crippen molar-refractivity contribution in [2.45, 2.75) is 57.0 Å². The van der Waals surface area contributed by atoms with E-state index in [0.29, 0.717) is 5.92 Å². The Hall–Kier alpha value is -0.650. The van der Waals surface area contributed by atoms with Crippen LogP contribution in [-0.2, 0) is 6.54 Å². The second-order valence-electron chi connectivity index (χ2n) is 6.73. The standard InChI is InChI=1S/C15H24N4O.ClH/c1-2-11(1)9-16-13-5-7-19(8-6-13)10-14-17-15(20-18-14)12-3-4-12;/h11-13,16H,1-10H2;1H. The molecule has 0 atom stereocenters. The van der Waals surface area contributed by atoms with E-state index in [4.69, 9.17) is 4.52 Å². The van der Waals surface area contributed by atoms with Crippen LogP contribution in [0.1, 0.15) is 56.2 Å². The second kappa shape index (κ2) is 6.63. The number of aromatic nitrogens is 2. The first-order chi connectivity index (χ1) is 9.87. The Morgan fingerprint density at radius 2 is 1.86 bits per heavy atom. The van der Waals surface area contributed by atoms with E-state index >= 15 is 0 Å². The van der Waals surface area contributed by atoms with Crippen LogP contribution in [0.5, 0.6) is 0 Å². The molecule has 3 fully saturated rings. The van der Waals surface area contributed by atoms with E-state index in [0.717, 1.165) is 43.3 Å². The van der Waals surface area contributed by atoms with Crippen molar-refractivity contribution in [3.05, 3.63) is 11.7 Å². The maximum atomic E-state index is 5.32. The molecule has 1 N–H and O–H groups in total. The van der Waals surface area contributed by atoms with Crippen molar-refractivity contribution in [1.29, 1.82) is 0 Å². The highest BCUT2D eigenvalue weighted by atomic mass is 35.5. The van der Waals surface area contributed by atoms with Crippen LogP contribution in [0.25, 0.3) is 0 Å².